The predicted molar refractivity (Wildman–Crippen MR) is 82.3 cm³/mol. The van der Waals surface area contributed by atoms with Gasteiger partial charge in [0.05, 0.1) is 17.1 Å². The number of aryl methyl sites for hydroxylation is 1. The minimum absolute atomic E-state index is 0.00321. The first-order chi connectivity index (χ1) is 10.6. The van der Waals surface area contributed by atoms with Crippen molar-refractivity contribution in [2.45, 2.75) is 26.2 Å². The van der Waals surface area contributed by atoms with Gasteiger partial charge >= 0.3 is 5.97 Å². The molecule has 22 heavy (non-hydrogen) atoms. The van der Waals surface area contributed by atoms with Crippen LogP contribution in [0.2, 0.25) is 0 Å². The molecule has 5 nitrogen and oxygen atoms in total. The standard InChI is InChI=1S/C17H19NO4/c1-13(19)22-12-11-15-8-10-17(18(20)21)16(15)9-7-14-5-3-2-4-6-14/h2-6,10-12,15-16H,7-9H2,1H3/b12-11+/t15-,16+/m0/s1. The van der Waals surface area contributed by atoms with Gasteiger partial charge < -0.3 is 4.74 Å². The van der Waals surface area contributed by atoms with E-state index >= 15 is 0 Å². The summed E-state index contributed by atoms with van der Waals surface area (Å²) in [5, 5.41) is 11.2. The molecule has 0 amide bonds. The minimum Gasteiger partial charge on any atom is -0.435 e. The lowest BCUT2D eigenvalue weighted by Gasteiger charge is -2.15. The Kier molecular flexibility index (Phi) is 5.47. The molecule has 0 unspecified atom stereocenters. The Morgan fingerprint density at radius 1 is 1.41 bits per heavy atom. The van der Waals surface area contributed by atoms with Crippen molar-refractivity contribution < 1.29 is 14.5 Å². The normalized spacial score (nSPS) is 20.9. The van der Waals surface area contributed by atoms with Crippen LogP contribution in [0, 0.1) is 22.0 Å². The molecule has 1 aromatic carbocycles. The largest absolute Gasteiger partial charge is 0.435 e. The van der Waals surface area contributed by atoms with Crippen molar-refractivity contribution in [1.82, 2.24) is 0 Å². The second-order valence-corrected chi connectivity index (χ2v) is 5.35. The zero-order valence-electron chi connectivity index (χ0n) is 12.5. The van der Waals surface area contributed by atoms with E-state index in [2.05, 4.69) is 0 Å². The summed E-state index contributed by atoms with van der Waals surface area (Å²) >= 11 is 0. The van der Waals surface area contributed by atoms with Gasteiger partial charge in [-0.2, -0.15) is 0 Å². The molecule has 0 aliphatic heterocycles. The molecular weight excluding hydrogens is 282 g/mol. The molecule has 0 bridgehead atoms. The third-order valence-corrected chi connectivity index (χ3v) is 3.85. The summed E-state index contributed by atoms with van der Waals surface area (Å²) in [4.78, 5) is 21.7. The predicted octanol–water partition coefficient (Wildman–Crippen LogP) is 3.49. The van der Waals surface area contributed by atoms with E-state index < -0.39 is 5.97 Å². The van der Waals surface area contributed by atoms with Crippen LogP contribution in [0.1, 0.15) is 25.3 Å². The lowest BCUT2D eigenvalue weighted by Crippen LogP contribution is -2.15. The molecule has 0 saturated heterocycles. The molecule has 2 atom stereocenters. The van der Waals surface area contributed by atoms with E-state index in [1.54, 1.807) is 12.2 Å². The van der Waals surface area contributed by atoms with Crippen LogP contribution >= 0.6 is 0 Å². The van der Waals surface area contributed by atoms with E-state index in [1.807, 2.05) is 30.3 Å². The van der Waals surface area contributed by atoms with Crippen molar-refractivity contribution >= 4 is 5.97 Å². The summed E-state index contributed by atoms with van der Waals surface area (Å²) in [6.45, 7) is 1.33. The maximum absolute atomic E-state index is 11.2. The van der Waals surface area contributed by atoms with Gasteiger partial charge in [0.25, 0.3) is 0 Å². The van der Waals surface area contributed by atoms with Crippen molar-refractivity contribution in [1.29, 1.82) is 0 Å². The van der Waals surface area contributed by atoms with Crippen LogP contribution in [-0.2, 0) is 16.0 Å². The zero-order chi connectivity index (χ0) is 15.9. The molecule has 0 aromatic heterocycles. The van der Waals surface area contributed by atoms with E-state index in [1.165, 1.54) is 18.7 Å². The number of nitrogens with zero attached hydrogens (tertiary/aromatic N) is 1. The Hall–Kier alpha value is -2.43. The molecule has 116 valence electrons. The molecule has 0 saturated carbocycles. The quantitative estimate of drug-likeness (QED) is 0.349. The lowest BCUT2D eigenvalue weighted by molar-refractivity contribution is -0.433. The highest BCUT2D eigenvalue weighted by Crippen LogP contribution is 2.36. The van der Waals surface area contributed by atoms with E-state index in [4.69, 9.17) is 4.74 Å². The number of esters is 1. The highest BCUT2D eigenvalue weighted by molar-refractivity contribution is 5.66. The Morgan fingerprint density at radius 2 is 2.14 bits per heavy atom. The first-order valence-corrected chi connectivity index (χ1v) is 7.30. The maximum atomic E-state index is 11.2. The Bertz CT molecular complexity index is 592. The monoisotopic (exact) mass is 301 g/mol. The Balaban J connectivity index is 2.03. The van der Waals surface area contributed by atoms with Gasteiger partial charge in [0, 0.05) is 6.92 Å². The van der Waals surface area contributed by atoms with Crippen molar-refractivity contribution in [3.63, 3.8) is 0 Å². The molecule has 1 aromatic rings. The van der Waals surface area contributed by atoms with Gasteiger partial charge in [0.15, 0.2) is 0 Å². The van der Waals surface area contributed by atoms with Gasteiger partial charge in [0.1, 0.15) is 0 Å². The molecule has 0 fully saturated rings. The van der Waals surface area contributed by atoms with Crippen LogP contribution in [0.4, 0.5) is 0 Å². The van der Waals surface area contributed by atoms with Gasteiger partial charge in [-0.25, -0.2) is 0 Å². The summed E-state index contributed by atoms with van der Waals surface area (Å²) < 4.78 is 4.80. The third kappa shape index (κ3) is 4.28. The van der Waals surface area contributed by atoms with Crippen LogP contribution in [0.3, 0.4) is 0 Å². The summed E-state index contributed by atoms with van der Waals surface area (Å²) in [6.07, 6.45) is 6.87. The van der Waals surface area contributed by atoms with Gasteiger partial charge in [-0.1, -0.05) is 30.3 Å². The summed E-state index contributed by atoms with van der Waals surface area (Å²) in [6, 6.07) is 9.92. The number of hydrogen-bond donors (Lipinski definition) is 0. The van der Waals surface area contributed by atoms with Crippen LogP contribution in [0.15, 0.2) is 54.4 Å². The fraction of sp³-hybridized carbons (Fsp3) is 0.353. The summed E-state index contributed by atoms with van der Waals surface area (Å²) in [5.74, 6) is -0.539. The van der Waals surface area contributed by atoms with Gasteiger partial charge in [-0.3, -0.25) is 14.9 Å². The summed E-state index contributed by atoms with van der Waals surface area (Å²) in [5.41, 5.74) is 1.44. The molecule has 0 heterocycles. The van der Waals surface area contributed by atoms with Crippen molar-refractivity contribution in [3.05, 3.63) is 70.1 Å². The Morgan fingerprint density at radius 3 is 2.77 bits per heavy atom. The number of ether oxygens (including phenoxy) is 1. The van der Waals surface area contributed by atoms with Crippen molar-refractivity contribution in [2.75, 3.05) is 0 Å². The highest BCUT2D eigenvalue weighted by Gasteiger charge is 2.35. The van der Waals surface area contributed by atoms with E-state index in [0.29, 0.717) is 12.8 Å². The fourth-order valence-corrected chi connectivity index (χ4v) is 2.78. The number of nitro groups is 1. The first kappa shape index (κ1) is 15.9. The highest BCUT2D eigenvalue weighted by atomic mass is 16.6. The topological polar surface area (TPSA) is 69.4 Å². The molecule has 0 spiro atoms. The maximum Gasteiger partial charge on any atom is 0.307 e. The number of hydrogen-bond acceptors (Lipinski definition) is 4. The summed E-state index contributed by atoms with van der Waals surface area (Å²) in [7, 11) is 0. The zero-order valence-corrected chi connectivity index (χ0v) is 12.5. The van der Waals surface area contributed by atoms with Crippen LogP contribution < -0.4 is 0 Å². The van der Waals surface area contributed by atoms with Gasteiger partial charge in [-0.15, -0.1) is 0 Å². The first-order valence-electron chi connectivity index (χ1n) is 7.30. The molecule has 1 aliphatic rings. The molecular formula is C17H19NO4. The van der Waals surface area contributed by atoms with Crippen molar-refractivity contribution in [2.24, 2.45) is 11.8 Å². The van der Waals surface area contributed by atoms with Crippen LogP contribution in [0.5, 0.6) is 0 Å². The second-order valence-electron chi connectivity index (χ2n) is 5.35. The SMILES string of the molecule is CC(=O)O/C=C/[C@@H]1CC=C([N+](=O)[O-])[C@@H]1CCc1ccccc1. The molecule has 5 heteroatoms. The number of allylic oxidation sites excluding steroid dienone is 3. The third-order valence-electron chi connectivity index (χ3n) is 3.85. The minimum atomic E-state index is -0.391. The number of rotatable bonds is 6. The number of benzene rings is 1. The second kappa shape index (κ2) is 7.54. The number of carbonyl (C=O) groups is 1. The Labute approximate surface area is 129 Å². The number of carbonyl (C=O) groups excluding carboxylic acids is 1. The lowest BCUT2D eigenvalue weighted by atomic mass is 9.88. The van der Waals surface area contributed by atoms with E-state index in [0.717, 1.165) is 6.42 Å². The average Bonchev–Trinajstić information content (AvgIpc) is 2.89. The average molecular weight is 301 g/mol. The van der Waals surface area contributed by atoms with Crippen LogP contribution in [0.25, 0.3) is 0 Å². The van der Waals surface area contributed by atoms with E-state index in [-0.39, 0.29) is 22.5 Å². The molecule has 2 rings (SSSR count). The van der Waals surface area contributed by atoms with Gasteiger partial charge in [-0.05, 0) is 42.9 Å². The van der Waals surface area contributed by atoms with Crippen LogP contribution in [-0.4, -0.2) is 10.9 Å². The van der Waals surface area contributed by atoms with E-state index in [9.17, 15) is 14.9 Å². The fourth-order valence-electron chi connectivity index (χ4n) is 2.78. The molecule has 1 aliphatic carbocycles. The van der Waals surface area contributed by atoms with Gasteiger partial charge in [0.2, 0.25) is 5.70 Å². The smallest absolute Gasteiger partial charge is 0.307 e. The van der Waals surface area contributed by atoms with Crippen molar-refractivity contribution in [3.8, 4) is 0 Å². The molecule has 0 radical (unpaired) electrons. The molecule has 0 N–H and O–H groups in total.